The molecule has 2 heteroatoms. The predicted octanol–water partition coefficient (Wildman–Crippen LogP) is 4.37. The molecule has 0 aromatic heterocycles. The molecular formula is C16H25NO. The van der Waals surface area contributed by atoms with E-state index in [-0.39, 0.29) is 11.2 Å². The fraction of sp³-hybridized carbons (Fsp3) is 0.562. The van der Waals surface area contributed by atoms with E-state index in [1.807, 2.05) is 31.2 Å². The zero-order valence-corrected chi connectivity index (χ0v) is 12.2. The molecule has 0 saturated carbocycles. The first kappa shape index (κ1) is 14.7. The lowest BCUT2D eigenvalue weighted by atomic mass is 9.81. The van der Waals surface area contributed by atoms with Crippen LogP contribution in [0.1, 0.15) is 51.4 Å². The van der Waals surface area contributed by atoms with Crippen molar-refractivity contribution in [2.75, 3.05) is 11.9 Å². The number of benzene rings is 1. The van der Waals surface area contributed by atoms with Crippen molar-refractivity contribution in [1.82, 2.24) is 0 Å². The summed E-state index contributed by atoms with van der Waals surface area (Å²) in [7, 11) is 0. The maximum atomic E-state index is 11.5. The second-order valence-corrected chi connectivity index (χ2v) is 5.85. The van der Waals surface area contributed by atoms with Gasteiger partial charge in [-0.3, -0.25) is 4.79 Å². The highest BCUT2D eigenvalue weighted by atomic mass is 16.1. The standard InChI is InChI=1S/C16H25NO/c1-6-15(18)13-7-9-14(10-8-13)17-11-16(4,5)12(2)3/h7-10,12,17H,6,11H2,1-5H3. The third-order valence-corrected chi connectivity index (χ3v) is 3.84. The zero-order valence-electron chi connectivity index (χ0n) is 12.2. The van der Waals surface area contributed by atoms with Crippen LogP contribution in [0.2, 0.25) is 0 Å². The first-order chi connectivity index (χ1) is 8.36. The van der Waals surface area contributed by atoms with E-state index in [0.29, 0.717) is 12.3 Å². The molecule has 1 rings (SSSR count). The van der Waals surface area contributed by atoms with Crippen molar-refractivity contribution in [1.29, 1.82) is 0 Å². The minimum atomic E-state index is 0.198. The van der Waals surface area contributed by atoms with E-state index in [1.165, 1.54) is 0 Å². The van der Waals surface area contributed by atoms with Gasteiger partial charge in [0.15, 0.2) is 5.78 Å². The molecule has 0 aliphatic rings. The summed E-state index contributed by atoms with van der Waals surface area (Å²) in [5, 5.41) is 3.44. The molecular weight excluding hydrogens is 222 g/mol. The first-order valence-electron chi connectivity index (χ1n) is 6.74. The topological polar surface area (TPSA) is 29.1 Å². The van der Waals surface area contributed by atoms with Gasteiger partial charge < -0.3 is 5.32 Å². The molecule has 100 valence electrons. The molecule has 0 amide bonds. The summed E-state index contributed by atoms with van der Waals surface area (Å²) in [6.07, 6.45) is 0.563. The molecule has 2 nitrogen and oxygen atoms in total. The number of Topliss-reactive ketones (excluding diaryl/α,β-unsaturated/α-hetero) is 1. The number of carbonyl (C=O) groups is 1. The monoisotopic (exact) mass is 247 g/mol. The Bertz CT molecular complexity index is 390. The van der Waals surface area contributed by atoms with Gasteiger partial charge in [0.2, 0.25) is 0 Å². The van der Waals surface area contributed by atoms with Crippen LogP contribution in [0, 0.1) is 11.3 Å². The van der Waals surface area contributed by atoms with Gasteiger partial charge in [-0.25, -0.2) is 0 Å². The fourth-order valence-corrected chi connectivity index (χ4v) is 1.51. The van der Waals surface area contributed by atoms with Gasteiger partial charge in [0, 0.05) is 24.2 Å². The van der Waals surface area contributed by atoms with Gasteiger partial charge in [0.1, 0.15) is 0 Å². The molecule has 0 bridgehead atoms. The summed E-state index contributed by atoms with van der Waals surface area (Å²) in [6, 6.07) is 7.77. The van der Waals surface area contributed by atoms with Gasteiger partial charge in [-0.15, -0.1) is 0 Å². The Balaban J connectivity index is 2.62. The largest absolute Gasteiger partial charge is 0.384 e. The third kappa shape index (κ3) is 3.86. The second-order valence-electron chi connectivity index (χ2n) is 5.85. The molecule has 0 unspecified atom stereocenters. The second kappa shape index (κ2) is 6.03. The molecule has 18 heavy (non-hydrogen) atoms. The Morgan fingerprint density at radius 1 is 1.22 bits per heavy atom. The fourth-order valence-electron chi connectivity index (χ4n) is 1.51. The molecule has 0 spiro atoms. The lowest BCUT2D eigenvalue weighted by Crippen LogP contribution is -2.28. The van der Waals surface area contributed by atoms with Crippen LogP contribution in [0.3, 0.4) is 0 Å². The van der Waals surface area contributed by atoms with E-state index in [0.717, 1.165) is 17.8 Å². The predicted molar refractivity (Wildman–Crippen MR) is 78.2 cm³/mol. The molecule has 0 fully saturated rings. The molecule has 0 heterocycles. The van der Waals surface area contributed by atoms with E-state index < -0.39 is 0 Å². The Labute approximate surface area is 111 Å². The van der Waals surface area contributed by atoms with Gasteiger partial charge >= 0.3 is 0 Å². The highest BCUT2D eigenvalue weighted by molar-refractivity contribution is 5.96. The van der Waals surface area contributed by atoms with Crippen LogP contribution < -0.4 is 5.32 Å². The molecule has 1 aromatic rings. The van der Waals surface area contributed by atoms with E-state index in [9.17, 15) is 4.79 Å². The van der Waals surface area contributed by atoms with Gasteiger partial charge in [0.25, 0.3) is 0 Å². The smallest absolute Gasteiger partial charge is 0.162 e. The molecule has 0 radical (unpaired) electrons. The van der Waals surface area contributed by atoms with E-state index >= 15 is 0 Å². The van der Waals surface area contributed by atoms with Crippen molar-refractivity contribution in [2.45, 2.75) is 41.0 Å². The van der Waals surface area contributed by atoms with Crippen LogP contribution in [0.5, 0.6) is 0 Å². The van der Waals surface area contributed by atoms with Crippen molar-refractivity contribution < 1.29 is 4.79 Å². The Morgan fingerprint density at radius 2 is 1.78 bits per heavy atom. The molecule has 1 aromatic carbocycles. The van der Waals surface area contributed by atoms with Gasteiger partial charge in [-0.2, -0.15) is 0 Å². The highest BCUT2D eigenvalue weighted by Crippen LogP contribution is 2.26. The number of hydrogen-bond donors (Lipinski definition) is 1. The molecule has 1 N–H and O–H groups in total. The normalized spacial score (nSPS) is 11.7. The average molecular weight is 247 g/mol. The quantitative estimate of drug-likeness (QED) is 0.756. The third-order valence-electron chi connectivity index (χ3n) is 3.84. The summed E-state index contributed by atoms with van der Waals surface area (Å²) in [4.78, 5) is 11.5. The molecule has 0 saturated heterocycles. The van der Waals surface area contributed by atoms with Gasteiger partial charge in [-0.1, -0.05) is 34.6 Å². The average Bonchev–Trinajstić information content (AvgIpc) is 2.36. The van der Waals surface area contributed by atoms with Gasteiger partial charge in [0.05, 0.1) is 0 Å². The first-order valence-corrected chi connectivity index (χ1v) is 6.74. The van der Waals surface area contributed by atoms with Crippen LogP contribution in [-0.2, 0) is 0 Å². The van der Waals surface area contributed by atoms with Crippen LogP contribution in [-0.4, -0.2) is 12.3 Å². The minimum Gasteiger partial charge on any atom is -0.384 e. The summed E-state index contributed by atoms with van der Waals surface area (Å²) in [5.74, 6) is 0.829. The number of carbonyl (C=O) groups excluding carboxylic acids is 1. The Kier molecular flexibility index (Phi) is 4.94. The van der Waals surface area contributed by atoms with Crippen LogP contribution >= 0.6 is 0 Å². The van der Waals surface area contributed by atoms with Crippen molar-refractivity contribution in [3.8, 4) is 0 Å². The minimum absolute atomic E-state index is 0.198. The van der Waals surface area contributed by atoms with Crippen LogP contribution in [0.4, 0.5) is 5.69 Å². The maximum absolute atomic E-state index is 11.5. The van der Waals surface area contributed by atoms with E-state index in [4.69, 9.17) is 0 Å². The number of nitrogens with one attached hydrogen (secondary N) is 1. The number of rotatable bonds is 6. The lowest BCUT2D eigenvalue weighted by Gasteiger charge is -2.29. The van der Waals surface area contributed by atoms with Crippen molar-refractivity contribution in [3.05, 3.63) is 29.8 Å². The zero-order chi connectivity index (χ0) is 13.8. The molecule has 0 aliphatic heterocycles. The van der Waals surface area contributed by atoms with Crippen molar-refractivity contribution in [2.24, 2.45) is 11.3 Å². The number of anilines is 1. The molecule has 0 atom stereocenters. The SMILES string of the molecule is CCC(=O)c1ccc(NCC(C)(C)C(C)C)cc1. The number of hydrogen-bond acceptors (Lipinski definition) is 2. The van der Waals surface area contributed by atoms with E-state index in [2.05, 4.69) is 33.0 Å². The summed E-state index contributed by atoms with van der Waals surface area (Å²) in [6.45, 7) is 11.8. The van der Waals surface area contributed by atoms with Crippen molar-refractivity contribution in [3.63, 3.8) is 0 Å². The highest BCUT2D eigenvalue weighted by Gasteiger charge is 2.21. The molecule has 0 aliphatic carbocycles. The lowest BCUT2D eigenvalue weighted by molar-refractivity contribution is 0.0988. The van der Waals surface area contributed by atoms with E-state index in [1.54, 1.807) is 0 Å². The van der Waals surface area contributed by atoms with Crippen molar-refractivity contribution >= 4 is 11.5 Å². The number of ketones is 1. The maximum Gasteiger partial charge on any atom is 0.162 e. The Hall–Kier alpha value is -1.31. The van der Waals surface area contributed by atoms with Crippen LogP contribution in [0.25, 0.3) is 0 Å². The summed E-state index contributed by atoms with van der Waals surface area (Å²) in [5.41, 5.74) is 2.14. The van der Waals surface area contributed by atoms with Crippen LogP contribution in [0.15, 0.2) is 24.3 Å². The summed E-state index contributed by atoms with van der Waals surface area (Å²) >= 11 is 0. The van der Waals surface area contributed by atoms with Gasteiger partial charge in [-0.05, 0) is 35.6 Å². The Morgan fingerprint density at radius 3 is 2.22 bits per heavy atom. The summed E-state index contributed by atoms with van der Waals surface area (Å²) < 4.78 is 0.